The lowest BCUT2D eigenvalue weighted by Crippen LogP contribution is -2.21. The van der Waals surface area contributed by atoms with Crippen molar-refractivity contribution < 1.29 is 4.74 Å². The molecule has 3 aromatic heterocycles. The fourth-order valence-electron chi connectivity index (χ4n) is 3.71. The molecule has 0 fully saturated rings. The Morgan fingerprint density at radius 3 is 2.71 bits per heavy atom. The van der Waals surface area contributed by atoms with Crippen LogP contribution in [-0.2, 0) is 14.1 Å². The number of hydrogen-bond donors (Lipinski definition) is 0. The third-order valence-electron chi connectivity index (χ3n) is 5.11. The molecule has 8 nitrogen and oxygen atoms in total. The molecule has 0 unspecified atom stereocenters. The van der Waals surface area contributed by atoms with Crippen LogP contribution in [0.2, 0.25) is 0 Å². The first-order valence-corrected chi connectivity index (χ1v) is 8.86. The number of ether oxygens (including phenoxy) is 1. The summed E-state index contributed by atoms with van der Waals surface area (Å²) in [5.74, 6) is 0.707. The van der Waals surface area contributed by atoms with E-state index in [1.165, 1.54) is 0 Å². The minimum Gasteiger partial charge on any atom is -0.496 e. The molecule has 1 aliphatic heterocycles. The second-order valence-electron chi connectivity index (χ2n) is 6.76. The summed E-state index contributed by atoms with van der Waals surface area (Å²) in [6, 6.07) is 3.92. The summed E-state index contributed by atoms with van der Waals surface area (Å²) >= 11 is 0. The van der Waals surface area contributed by atoms with Crippen LogP contribution in [0.25, 0.3) is 38.8 Å². The monoisotopic (exact) mass is 374 g/mol. The molecule has 0 spiro atoms. The van der Waals surface area contributed by atoms with Crippen LogP contribution in [0, 0.1) is 0 Å². The summed E-state index contributed by atoms with van der Waals surface area (Å²) in [6.45, 7) is 0.579. The number of aryl methyl sites for hydroxylation is 2. The average molecular weight is 374 g/mol. The Kier molecular flexibility index (Phi) is 3.48. The summed E-state index contributed by atoms with van der Waals surface area (Å²) in [7, 11) is 5.27. The molecule has 0 N–H and O–H groups in total. The average Bonchev–Trinajstić information content (AvgIpc) is 3.42. The van der Waals surface area contributed by atoms with Crippen LogP contribution in [0.3, 0.4) is 0 Å². The molecule has 0 saturated heterocycles. The van der Waals surface area contributed by atoms with Crippen LogP contribution in [0.5, 0.6) is 5.75 Å². The van der Waals surface area contributed by atoms with E-state index in [2.05, 4.69) is 15.1 Å². The Labute approximate surface area is 160 Å². The molecule has 0 bridgehead atoms. The van der Waals surface area contributed by atoms with Gasteiger partial charge < -0.3 is 4.74 Å². The van der Waals surface area contributed by atoms with Gasteiger partial charge in [0.2, 0.25) is 0 Å². The molecule has 4 aromatic rings. The van der Waals surface area contributed by atoms with E-state index < -0.39 is 0 Å². The van der Waals surface area contributed by atoms with Gasteiger partial charge in [0.1, 0.15) is 5.75 Å². The Balaban J connectivity index is 1.93. The fraction of sp³-hybridized carbons (Fsp3) is 0.200. The van der Waals surface area contributed by atoms with E-state index in [0.29, 0.717) is 12.3 Å². The highest BCUT2D eigenvalue weighted by molar-refractivity contribution is 6.11. The van der Waals surface area contributed by atoms with Gasteiger partial charge in [-0.15, -0.1) is 0 Å². The molecule has 0 aliphatic carbocycles. The fourth-order valence-corrected chi connectivity index (χ4v) is 3.71. The number of methoxy groups -OCH3 is 1. The van der Waals surface area contributed by atoms with E-state index >= 15 is 0 Å². The predicted octanol–water partition coefficient (Wildman–Crippen LogP) is 2.22. The van der Waals surface area contributed by atoms with Crippen LogP contribution in [0.15, 0.2) is 46.6 Å². The topological polar surface area (TPSA) is 79.2 Å². The third-order valence-corrected chi connectivity index (χ3v) is 5.11. The van der Waals surface area contributed by atoms with Crippen LogP contribution in [0.1, 0.15) is 0 Å². The van der Waals surface area contributed by atoms with E-state index in [4.69, 9.17) is 4.74 Å². The van der Waals surface area contributed by atoms with Crippen molar-refractivity contribution in [2.75, 3.05) is 13.7 Å². The highest BCUT2D eigenvalue weighted by Gasteiger charge is 2.20. The minimum atomic E-state index is -0.123. The van der Waals surface area contributed by atoms with Crippen molar-refractivity contribution in [3.05, 3.63) is 47.3 Å². The summed E-state index contributed by atoms with van der Waals surface area (Å²) in [5.41, 5.74) is 4.82. The number of rotatable bonds is 3. The Hall–Kier alpha value is -3.68. The molecule has 1 aliphatic rings. The van der Waals surface area contributed by atoms with E-state index in [1.54, 1.807) is 46.6 Å². The zero-order valence-electron chi connectivity index (χ0n) is 15.7. The van der Waals surface area contributed by atoms with Gasteiger partial charge in [-0.2, -0.15) is 5.10 Å². The molecule has 0 amide bonds. The predicted molar refractivity (Wildman–Crippen MR) is 109 cm³/mol. The quantitative estimate of drug-likeness (QED) is 0.551. The van der Waals surface area contributed by atoms with Gasteiger partial charge in [0.05, 0.1) is 48.3 Å². The molecule has 0 radical (unpaired) electrons. The maximum atomic E-state index is 13.0. The number of pyridine rings is 1. The maximum absolute atomic E-state index is 13.0. The molecular formula is C20H18N6O2. The number of imidazole rings is 1. The largest absolute Gasteiger partial charge is 0.496 e. The highest BCUT2D eigenvalue weighted by atomic mass is 16.5. The molecule has 5 rings (SSSR count). The first-order valence-electron chi connectivity index (χ1n) is 8.86. The second-order valence-corrected chi connectivity index (χ2v) is 6.76. The molecule has 0 atom stereocenters. The van der Waals surface area contributed by atoms with Crippen molar-refractivity contribution in [1.29, 1.82) is 0 Å². The smallest absolute Gasteiger partial charge is 0.333 e. The SMILES string of the molecule is COc1cc2ncc3c(c2cc1-c1cnn(C)c1)n(C1=CCN=C1)c(=O)n3C. The zero-order chi connectivity index (χ0) is 19.4. The molecule has 0 saturated carbocycles. The third kappa shape index (κ3) is 2.24. The number of nitrogens with zero attached hydrogens (tertiary/aromatic N) is 6. The van der Waals surface area contributed by atoms with E-state index in [0.717, 1.165) is 38.8 Å². The second kappa shape index (κ2) is 5.91. The number of hydrogen-bond acceptors (Lipinski definition) is 5. The van der Waals surface area contributed by atoms with Gasteiger partial charge in [-0.1, -0.05) is 0 Å². The van der Waals surface area contributed by atoms with Crippen molar-refractivity contribution in [2.24, 2.45) is 19.1 Å². The Morgan fingerprint density at radius 2 is 2.04 bits per heavy atom. The number of aromatic nitrogens is 5. The van der Waals surface area contributed by atoms with Gasteiger partial charge in [-0.05, 0) is 12.1 Å². The van der Waals surface area contributed by atoms with Gasteiger partial charge >= 0.3 is 5.69 Å². The van der Waals surface area contributed by atoms with Gasteiger partial charge in [0.25, 0.3) is 0 Å². The molecular weight excluding hydrogens is 356 g/mol. The van der Waals surface area contributed by atoms with Gasteiger partial charge in [-0.3, -0.25) is 23.8 Å². The van der Waals surface area contributed by atoms with Gasteiger partial charge in [0, 0.05) is 49.1 Å². The van der Waals surface area contributed by atoms with Crippen molar-refractivity contribution in [3.63, 3.8) is 0 Å². The maximum Gasteiger partial charge on any atom is 0.333 e. The molecule has 1 aromatic carbocycles. The first-order chi connectivity index (χ1) is 13.6. The first kappa shape index (κ1) is 16.5. The standard InChI is InChI=1S/C20H18N6O2/c1-24-11-12(8-23-24)14-6-15-16(7-18(14)28-3)22-10-17-19(15)26(20(27)25(17)2)13-4-5-21-9-13/h4,6-11H,5H2,1-3H3. The summed E-state index contributed by atoms with van der Waals surface area (Å²) in [6.07, 6.45) is 9.13. The van der Waals surface area contributed by atoms with Crippen LogP contribution >= 0.6 is 0 Å². The number of benzene rings is 1. The Morgan fingerprint density at radius 1 is 1.18 bits per heavy atom. The van der Waals surface area contributed by atoms with Gasteiger partial charge in [-0.25, -0.2) is 4.79 Å². The van der Waals surface area contributed by atoms with Crippen LogP contribution in [0.4, 0.5) is 0 Å². The number of allylic oxidation sites excluding steroid dienone is 1. The van der Waals surface area contributed by atoms with Gasteiger partial charge in [0.15, 0.2) is 0 Å². The Bertz CT molecular complexity index is 1370. The van der Waals surface area contributed by atoms with E-state index in [9.17, 15) is 4.79 Å². The van der Waals surface area contributed by atoms with Crippen molar-refractivity contribution in [3.8, 4) is 16.9 Å². The lowest BCUT2D eigenvalue weighted by Gasteiger charge is -2.11. The van der Waals surface area contributed by atoms with Crippen LogP contribution < -0.4 is 10.4 Å². The van der Waals surface area contributed by atoms with Crippen molar-refractivity contribution in [1.82, 2.24) is 23.9 Å². The van der Waals surface area contributed by atoms with E-state index in [1.807, 2.05) is 31.5 Å². The molecule has 8 heteroatoms. The highest BCUT2D eigenvalue weighted by Crippen LogP contribution is 2.36. The summed E-state index contributed by atoms with van der Waals surface area (Å²) in [4.78, 5) is 21.8. The van der Waals surface area contributed by atoms with Crippen molar-refractivity contribution >= 4 is 33.8 Å². The van der Waals surface area contributed by atoms with Crippen LogP contribution in [-0.4, -0.2) is 43.8 Å². The number of fused-ring (bicyclic) bond motifs is 3. The number of aliphatic imine (C=N–C) groups is 1. The van der Waals surface area contributed by atoms with E-state index in [-0.39, 0.29) is 5.69 Å². The lowest BCUT2D eigenvalue weighted by molar-refractivity contribution is 0.417. The molecule has 28 heavy (non-hydrogen) atoms. The molecule has 140 valence electrons. The minimum absolute atomic E-state index is 0.123. The zero-order valence-corrected chi connectivity index (χ0v) is 15.7. The summed E-state index contributed by atoms with van der Waals surface area (Å²) in [5, 5.41) is 5.14. The summed E-state index contributed by atoms with van der Waals surface area (Å²) < 4.78 is 10.7. The van der Waals surface area contributed by atoms with Crippen molar-refractivity contribution in [2.45, 2.75) is 0 Å². The normalized spacial score (nSPS) is 13.6. The lowest BCUT2D eigenvalue weighted by atomic mass is 10.0. The molecule has 4 heterocycles.